The molecule has 120 valence electrons. The van der Waals surface area contributed by atoms with Gasteiger partial charge in [-0.3, -0.25) is 4.98 Å². The van der Waals surface area contributed by atoms with Gasteiger partial charge < -0.3 is 10.7 Å². The number of aryl methyl sites for hydroxylation is 1. The summed E-state index contributed by atoms with van der Waals surface area (Å²) in [7, 11) is 0. The van der Waals surface area contributed by atoms with Crippen molar-refractivity contribution < 1.29 is 0 Å². The topological polar surface area (TPSA) is 54.7 Å². The fraction of sp³-hybridized carbons (Fsp3) is 0.235. The summed E-state index contributed by atoms with van der Waals surface area (Å²) in [5, 5.41) is 2.80. The van der Waals surface area contributed by atoms with E-state index in [1.165, 1.54) is 0 Å². The molecule has 23 heavy (non-hydrogen) atoms. The van der Waals surface area contributed by atoms with Crippen LogP contribution in [0.3, 0.4) is 0 Å². The second-order valence-corrected chi connectivity index (χ2v) is 6.62. The van der Waals surface area contributed by atoms with E-state index >= 15 is 0 Å². The Kier molecular flexibility index (Phi) is 5.12. The molecule has 0 atom stereocenters. The molecule has 0 aliphatic rings. The molecule has 6 heteroatoms. The van der Waals surface area contributed by atoms with E-state index < -0.39 is 0 Å². The molecule has 1 aromatic carbocycles. The van der Waals surface area contributed by atoms with Crippen molar-refractivity contribution in [2.45, 2.75) is 19.3 Å². The van der Waals surface area contributed by atoms with E-state index in [1.807, 2.05) is 18.2 Å². The number of nitrogens with two attached hydrogens (primary N) is 1. The van der Waals surface area contributed by atoms with Gasteiger partial charge in [-0.05, 0) is 55.6 Å². The van der Waals surface area contributed by atoms with Gasteiger partial charge in [0.2, 0.25) is 0 Å². The molecule has 0 bridgehead atoms. The number of aromatic amines is 1. The fourth-order valence-electron chi connectivity index (χ4n) is 2.78. The summed E-state index contributed by atoms with van der Waals surface area (Å²) in [6.45, 7) is 0.668. The van der Waals surface area contributed by atoms with Crippen LogP contribution in [0.1, 0.15) is 18.4 Å². The lowest BCUT2D eigenvalue weighted by atomic mass is 10.0. The monoisotopic (exact) mass is 367 g/mol. The van der Waals surface area contributed by atoms with Crippen LogP contribution in [-0.2, 0) is 6.42 Å². The number of aromatic nitrogens is 2. The fourth-order valence-corrected chi connectivity index (χ4v) is 3.61. The van der Waals surface area contributed by atoms with Gasteiger partial charge in [-0.2, -0.15) is 0 Å². The largest absolute Gasteiger partial charge is 0.353 e. The summed E-state index contributed by atoms with van der Waals surface area (Å²) in [6.07, 6.45) is 4.50. The average molecular weight is 369 g/mol. The van der Waals surface area contributed by atoms with Crippen LogP contribution in [0.4, 0.5) is 0 Å². The Morgan fingerprint density at radius 3 is 2.65 bits per heavy atom. The van der Waals surface area contributed by atoms with Crippen molar-refractivity contribution in [3.05, 3.63) is 51.1 Å². The highest BCUT2D eigenvalue weighted by Crippen LogP contribution is 2.38. The zero-order valence-corrected chi connectivity index (χ0v) is 14.6. The van der Waals surface area contributed by atoms with Crippen molar-refractivity contribution in [3.63, 3.8) is 0 Å². The standard InChI is InChI=1S/C17H16Cl3N3/c18-10-8-13(20)15-11(4-1-2-6-21)16(23-14(15)9-10)17-12(19)5-3-7-22-17/h3,5,7-9,23H,1-2,4,6,21H2. The van der Waals surface area contributed by atoms with Gasteiger partial charge in [0, 0.05) is 22.1 Å². The minimum absolute atomic E-state index is 0.593. The Hall–Kier alpha value is -1.26. The minimum Gasteiger partial charge on any atom is -0.353 e. The smallest absolute Gasteiger partial charge is 0.105 e. The first-order valence-electron chi connectivity index (χ1n) is 7.42. The lowest BCUT2D eigenvalue weighted by Gasteiger charge is -2.06. The van der Waals surface area contributed by atoms with Gasteiger partial charge in [-0.1, -0.05) is 34.8 Å². The maximum absolute atomic E-state index is 6.44. The highest BCUT2D eigenvalue weighted by molar-refractivity contribution is 6.39. The van der Waals surface area contributed by atoms with E-state index in [4.69, 9.17) is 40.5 Å². The number of nitrogens with one attached hydrogen (secondary N) is 1. The van der Waals surface area contributed by atoms with E-state index in [-0.39, 0.29) is 0 Å². The van der Waals surface area contributed by atoms with Gasteiger partial charge in [0.05, 0.1) is 15.7 Å². The van der Waals surface area contributed by atoms with Crippen LogP contribution >= 0.6 is 34.8 Å². The van der Waals surface area contributed by atoms with E-state index in [2.05, 4.69) is 9.97 Å². The van der Waals surface area contributed by atoms with Crippen LogP contribution in [0.15, 0.2) is 30.5 Å². The molecule has 0 saturated heterocycles. The first-order chi connectivity index (χ1) is 11.1. The van der Waals surface area contributed by atoms with Gasteiger partial charge in [-0.25, -0.2) is 0 Å². The Labute approximate surface area is 149 Å². The van der Waals surface area contributed by atoms with Crippen LogP contribution in [0.2, 0.25) is 15.1 Å². The molecule has 0 radical (unpaired) electrons. The number of pyridine rings is 1. The van der Waals surface area contributed by atoms with Crippen LogP contribution in [0.25, 0.3) is 22.3 Å². The lowest BCUT2D eigenvalue weighted by Crippen LogP contribution is -1.99. The van der Waals surface area contributed by atoms with Gasteiger partial charge in [0.25, 0.3) is 0 Å². The molecule has 0 fully saturated rings. The average Bonchev–Trinajstić information content (AvgIpc) is 2.86. The quantitative estimate of drug-likeness (QED) is 0.586. The summed E-state index contributed by atoms with van der Waals surface area (Å²) in [5.41, 5.74) is 9.23. The van der Waals surface area contributed by atoms with Gasteiger partial charge in [0.1, 0.15) is 5.69 Å². The van der Waals surface area contributed by atoms with Crippen molar-refractivity contribution in [1.82, 2.24) is 9.97 Å². The summed E-state index contributed by atoms with van der Waals surface area (Å²) < 4.78 is 0. The number of unbranched alkanes of at least 4 members (excludes halogenated alkanes) is 1. The molecule has 0 unspecified atom stereocenters. The molecule has 0 aliphatic carbocycles. The van der Waals surface area contributed by atoms with Gasteiger partial charge in [0.15, 0.2) is 0 Å². The molecule has 2 heterocycles. The number of H-pyrrole nitrogens is 1. The lowest BCUT2D eigenvalue weighted by molar-refractivity contribution is 0.748. The summed E-state index contributed by atoms with van der Waals surface area (Å²) in [5.74, 6) is 0. The molecule has 3 rings (SSSR count). The zero-order valence-electron chi connectivity index (χ0n) is 12.4. The third-order valence-electron chi connectivity index (χ3n) is 3.79. The zero-order chi connectivity index (χ0) is 16.4. The van der Waals surface area contributed by atoms with Gasteiger partial charge in [-0.15, -0.1) is 0 Å². The van der Waals surface area contributed by atoms with Crippen molar-refractivity contribution in [3.8, 4) is 11.4 Å². The SMILES string of the molecule is NCCCCc1c(-c2ncccc2Cl)[nH]c2cc(Cl)cc(Cl)c12. The molecular weight excluding hydrogens is 353 g/mol. The first kappa shape index (κ1) is 16.6. The molecule has 3 N–H and O–H groups in total. The van der Waals surface area contributed by atoms with E-state index in [1.54, 1.807) is 12.3 Å². The summed E-state index contributed by atoms with van der Waals surface area (Å²) >= 11 is 18.9. The Morgan fingerprint density at radius 1 is 1.09 bits per heavy atom. The van der Waals surface area contributed by atoms with Crippen LogP contribution in [0, 0.1) is 0 Å². The number of nitrogens with zero attached hydrogens (tertiary/aromatic N) is 1. The number of hydrogen-bond acceptors (Lipinski definition) is 2. The number of rotatable bonds is 5. The molecule has 3 aromatic rings. The number of fused-ring (bicyclic) bond motifs is 1. The Balaban J connectivity index is 2.21. The summed E-state index contributed by atoms with van der Waals surface area (Å²) in [6, 6.07) is 7.27. The van der Waals surface area contributed by atoms with Crippen LogP contribution in [0.5, 0.6) is 0 Å². The van der Waals surface area contributed by atoms with E-state index in [9.17, 15) is 0 Å². The Morgan fingerprint density at radius 2 is 1.91 bits per heavy atom. The number of halogens is 3. The molecule has 0 amide bonds. The second-order valence-electron chi connectivity index (χ2n) is 5.37. The maximum Gasteiger partial charge on any atom is 0.105 e. The highest BCUT2D eigenvalue weighted by Gasteiger charge is 2.18. The van der Waals surface area contributed by atoms with Gasteiger partial charge >= 0.3 is 0 Å². The molecule has 3 nitrogen and oxygen atoms in total. The molecule has 0 spiro atoms. The van der Waals surface area contributed by atoms with Crippen molar-refractivity contribution >= 4 is 45.7 Å². The van der Waals surface area contributed by atoms with Crippen LogP contribution in [-0.4, -0.2) is 16.5 Å². The third kappa shape index (κ3) is 3.33. The molecular formula is C17H16Cl3N3. The molecule has 2 aromatic heterocycles. The highest BCUT2D eigenvalue weighted by atomic mass is 35.5. The van der Waals surface area contributed by atoms with Crippen molar-refractivity contribution in [2.75, 3.05) is 6.54 Å². The predicted molar refractivity (Wildman–Crippen MR) is 98.6 cm³/mol. The normalized spacial score (nSPS) is 11.3. The van der Waals surface area contributed by atoms with Crippen molar-refractivity contribution in [1.29, 1.82) is 0 Å². The van der Waals surface area contributed by atoms with Crippen LogP contribution < -0.4 is 5.73 Å². The molecule has 0 saturated carbocycles. The number of benzene rings is 1. The predicted octanol–water partition coefficient (Wildman–Crippen LogP) is 5.47. The first-order valence-corrected chi connectivity index (χ1v) is 8.55. The maximum atomic E-state index is 6.44. The molecule has 0 aliphatic heterocycles. The third-order valence-corrected chi connectivity index (χ3v) is 4.62. The van der Waals surface area contributed by atoms with E-state index in [0.717, 1.165) is 47.1 Å². The number of hydrogen-bond donors (Lipinski definition) is 2. The minimum atomic E-state index is 0.593. The second kappa shape index (κ2) is 7.10. The Bertz CT molecular complexity index is 842. The van der Waals surface area contributed by atoms with E-state index in [0.29, 0.717) is 21.6 Å². The summed E-state index contributed by atoms with van der Waals surface area (Å²) in [4.78, 5) is 7.80. The van der Waals surface area contributed by atoms with Crippen molar-refractivity contribution in [2.24, 2.45) is 5.73 Å².